The molecule has 0 aliphatic carbocycles. The molecule has 3 aromatic rings. The molecule has 14 heteroatoms. The Kier molecular flexibility index (Phi) is 8.86. The summed E-state index contributed by atoms with van der Waals surface area (Å²) in [6, 6.07) is 13.0. The zero-order valence-electron chi connectivity index (χ0n) is 22.6. The fourth-order valence-electron chi connectivity index (χ4n) is 3.93. The van der Waals surface area contributed by atoms with E-state index in [0.717, 1.165) is 34.2 Å². The Hall–Kier alpha value is -5.24. The van der Waals surface area contributed by atoms with Crippen LogP contribution in [0.3, 0.4) is 0 Å². The first-order chi connectivity index (χ1) is 20.0. The van der Waals surface area contributed by atoms with Crippen molar-refractivity contribution in [3.8, 4) is 17.2 Å². The third-order valence-electron chi connectivity index (χ3n) is 5.98. The van der Waals surface area contributed by atoms with Gasteiger partial charge in [-0.2, -0.15) is 0 Å². The van der Waals surface area contributed by atoms with Gasteiger partial charge in [-0.05, 0) is 79.6 Å². The van der Waals surface area contributed by atoms with Gasteiger partial charge in [-0.3, -0.25) is 39.5 Å². The number of imide groups is 1. The molecule has 1 aliphatic heterocycles. The molecule has 0 spiro atoms. The number of amides is 3. The number of non-ortho nitro benzene ring substituents is 1. The number of hydrogen-bond donors (Lipinski definition) is 1. The third-order valence-corrected chi connectivity index (χ3v) is 6.89. The molecule has 1 aliphatic rings. The minimum atomic E-state index is -0.796. The lowest BCUT2D eigenvalue weighted by Gasteiger charge is -2.14. The van der Waals surface area contributed by atoms with Crippen LogP contribution in [0.1, 0.15) is 23.6 Å². The van der Waals surface area contributed by atoms with Crippen LogP contribution in [0.4, 0.5) is 21.9 Å². The lowest BCUT2D eigenvalue weighted by atomic mass is 10.1. The number of rotatable bonds is 10. The van der Waals surface area contributed by atoms with Crippen LogP contribution in [-0.2, 0) is 9.59 Å². The van der Waals surface area contributed by atoms with Gasteiger partial charge in [-0.1, -0.05) is 18.2 Å². The van der Waals surface area contributed by atoms with Gasteiger partial charge in [0.25, 0.3) is 16.8 Å². The SMILES string of the molecule is CCOc1cc(/C=C2/SC(=O)N(CC(=O)Nc3cc(C)ccc3C)C2=O)ccc1Oc1ccc([N+](=O)[O-])cc1[N+](=O)[O-]. The Morgan fingerprint density at radius 3 is 2.40 bits per heavy atom. The topological polar surface area (TPSA) is 171 Å². The Labute approximate surface area is 243 Å². The molecule has 4 rings (SSSR count). The summed E-state index contributed by atoms with van der Waals surface area (Å²) in [7, 11) is 0. The second-order valence-electron chi connectivity index (χ2n) is 9.04. The van der Waals surface area contributed by atoms with E-state index in [1.807, 2.05) is 26.0 Å². The summed E-state index contributed by atoms with van der Waals surface area (Å²) in [5.74, 6) is -1.14. The van der Waals surface area contributed by atoms with E-state index < -0.39 is 44.8 Å². The lowest BCUT2D eigenvalue weighted by molar-refractivity contribution is -0.394. The smallest absolute Gasteiger partial charge is 0.318 e. The van der Waals surface area contributed by atoms with Gasteiger partial charge in [0.05, 0.1) is 27.4 Å². The van der Waals surface area contributed by atoms with Crippen molar-refractivity contribution < 1.29 is 33.7 Å². The van der Waals surface area contributed by atoms with Crippen LogP contribution in [0.5, 0.6) is 17.2 Å². The molecule has 216 valence electrons. The monoisotopic (exact) mass is 592 g/mol. The van der Waals surface area contributed by atoms with E-state index in [1.54, 1.807) is 13.0 Å². The Balaban J connectivity index is 1.53. The number of aryl methyl sites for hydroxylation is 2. The third kappa shape index (κ3) is 6.72. The van der Waals surface area contributed by atoms with Crippen molar-refractivity contribution in [2.24, 2.45) is 0 Å². The summed E-state index contributed by atoms with van der Waals surface area (Å²) < 4.78 is 11.3. The number of anilines is 1. The van der Waals surface area contributed by atoms with Crippen molar-refractivity contribution in [2.75, 3.05) is 18.5 Å². The molecule has 0 aromatic heterocycles. The van der Waals surface area contributed by atoms with E-state index in [2.05, 4.69) is 5.32 Å². The minimum absolute atomic E-state index is 0.0849. The highest BCUT2D eigenvalue weighted by molar-refractivity contribution is 8.18. The normalized spacial score (nSPS) is 13.8. The summed E-state index contributed by atoms with van der Waals surface area (Å²) >= 11 is 0.682. The number of carbonyl (C=O) groups is 3. The molecule has 0 unspecified atom stereocenters. The molecule has 1 heterocycles. The van der Waals surface area contributed by atoms with E-state index in [4.69, 9.17) is 9.47 Å². The Morgan fingerprint density at radius 1 is 0.976 bits per heavy atom. The minimum Gasteiger partial charge on any atom is -0.490 e. The zero-order valence-corrected chi connectivity index (χ0v) is 23.4. The molecular weight excluding hydrogens is 568 g/mol. The fourth-order valence-corrected chi connectivity index (χ4v) is 4.76. The average molecular weight is 593 g/mol. The number of nitro groups is 2. The van der Waals surface area contributed by atoms with E-state index in [-0.39, 0.29) is 28.8 Å². The van der Waals surface area contributed by atoms with Crippen LogP contribution < -0.4 is 14.8 Å². The van der Waals surface area contributed by atoms with Crippen molar-refractivity contribution in [3.05, 3.63) is 96.4 Å². The van der Waals surface area contributed by atoms with Crippen LogP contribution in [0.2, 0.25) is 0 Å². The van der Waals surface area contributed by atoms with Gasteiger partial charge < -0.3 is 14.8 Å². The van der Waals surface area contributed by atoms with Crippen LogP contribution in [0, 0.1) is 34.1 Å². The molecule has 1 N–H and O–H groups in total. The van der Waals surface area contributed by atoms with Gasteiger partial charge in [0.15, 0.2) is 11.5 Å². The number of nitrogens with one attached hydrogen (secondary N) is 1. The predicted octanol–water partition coefficient (Wildman–Crippen LogP) is 5.99. The van der Waals surface area contributed by atoms with Crippen molar-refractivity contribution in [3.63, 3.8) is 0 Å². The molecule has 0 radical (unpaired) electrons. The van der Waals surface area contributed by atoms with Crippen LogP contribution in [-0.4, -0.2) is 45.0 Å². The quantitative estimate of drug-likeness (QED) is 0.168. The number of carbonyl (C=O) groups excluding carboxylic acids is 3. The number of nitrogens with zero attached hydrogens (tertiary/aromatic N) is 3. The highest BCUT2D eigenvalue weighted by atomic mass is 32.2. The Morgan fingerprint density at radius 2 is 1.71 bits per heavy atom. The number of ether oxygens (including phenoxy) is 2. The number of hydrogen-bond acceptors (Lipinski definition) is 10. The highest BCUT2D eigenvalue weighted by Gasteiger charge is 2.36. The molecule has 42 heavy (non-hydrogen) atoms. The zero-order chi connectivity index (χ0) is 30.6. The second kappa shape index (κ2) is 12.5. The van der Waals surface area contributed by atoms with Gasteiger partial charge in [-0.25, -0.2) is 0 Å². The molecule has 0 atom stereocenters. The van der Waals surface area contributed by atoms with Crippen molar-refractivity contribution >= 4 is 52.0 Å². The standard InChI is InChI=1S/C28H24N4O9S/c1-4-40-24-12-18(7-9-23(24)41-22-10-8-19(31(36)37)14-21(22)32(38)39)13-25-27(34)30(28(35)42-25)15-26(33)29-20-11-16(2)5-6-17(20)3/h5-14H,4,15H2,1-3H3,(H,29,33)/b25-13+. The molecule has 1 saturated heterocycles. The first kappa shape index (κ1) is 29.7. The molecule has 13 nitrogen and oxygen atoms in total. The van der Waals surface area contributed by atoms with Gasteiger partial charge >= 0.3 is 5.69 Å². The van der Waals surface area contributed by atoms with E-state index in [9.17, 15) is 34.6 Å². The fraction of sp³-hybridized carbons (Fsp3) is 0.179. The number of benzene rings is 3. The second-order valence-corrected chi connectivity index (χ2v) is 10.0. The van der Waals surface area contributed by atoms with Crippen LogP contribution >= 0.6 is 11.8 Å². The van der Waals surface area contributed by atoms with Gasteiger partial charge in [0, 0.05) is 11.8 Å². The maximum atomic E-state index is 13.0. The van der Waals surface area contributed by atoms with E-state index in [0.29, 0.717) is 23.0 Å². The average Bonchev–Trinajstić information content (AvgIpc) is 3.19. The van der Waals surface area contributed by atoms with Gasteiger partial charge in [0.2, 0.25) is 11.7 Å². The van der Waals surface area contributed by atoms with Crippen LogP contribution in [0.15, 0.2) is 59.5 Å². The Bertz CT molecular complexity index is 1650. The molecule has 0 saturated carbocycles. The first-order valence-electron chi connectivity index (χ1n) is 12.5. The van der Waals surface area contributed by atoms with E-state index >= 15 is 0 Å². The van der Waals surface area contributed by atoms with Crippen molar-refractivity contribution in [1.82, 2.24) is 4.90 Å². The van der Waals surface area contributed by atoms with Gasteiger partial charge in [0.1, 0.15) is 6.54 Å². The summed E-state index contributed by atoms with van der Waals surface area (Å²) in [6.45, 7) is 5.16. The predicted molar refractivity (Wildman–Crippen MR) is 155 cm³/mol. The summed E-state index contributed by atoms with van der Waals surface area (Å²) in [6.07, 6.45) is 1.45. The first-order valence-corrected chi connectivity index (χ1v) is 13.3. The molecule has 3 amide bonds. The maximum absolute atomic E-state index is 13.0. The molecule has 3 aromatic carbocycles. The van der Waals surface area contributed by atoms with Gasteiger partial charge in [-0.15, -0.1) is 0 Å². The number of thioether (sulfide) groups is 1. The lowest BCUT2D eigenvalue weighted by Crippen LogP contribution is -2.36. The van der Waals surface area contributed by atoms with E-state index in [1.165, 1.54) is 24.3 Å². The molecule has 0 bridgehead atoms. The highest BCUT2D eigenvalue weighted by Crippen LogP contribution is 2.39. The molecule has 1 fully saturated rings. The summed E-state index contributed by atoms with van der Waals surface area (Å²) in [5.41, 5.74) is 1.75. The summed E-state index contributed by atoms with van der Waals surface area (Å²) in [4.78, 5) is 60.1. The van der Waals surface area contributed by atoms with Crippen LogP contribution in [0.25, 0.3) is 6.08 Å². The van der Waals surface area contributed by atoms with Crippen molar-refractivity contribution in [1.29, 1.82) is 0 Å². The maximum Gasteiger partial charge on any atom is 0.318 e. The number of nitro benzene ring substituents is 2. The van der Waals surface area contributed by atoms with Crippen molar-refractivity contribution in [2.45, 2.75) is 20.8 Å². The molecular formula is C28H24N4O9S. The largest absolute Gasteiger partial charge is 0.490 e. The summed E-state index contributed by atoms with van der Waals surface area (Å²) in [5, 5.41) is 24.6.